The molecule has 1 unspecified atom stereocenters. The van der Waals surface area contributed by atoms with Gasteiger partial charge in [-0.1, -0.05) is 50.4 Å². The van der Waals surface area contributed by atoms with Crippen molar-refractivity contribution in [1.82, 2.24) is 10.2 Å². The maximum Gasteiger partial charge on any atom is 0.293 e. The van der Waals surface area contributed by atoms with Crippen LogP contribution in [0, 0.1) is 11.3 Å². The highest BCUT2D eigenvalue weighted by molar-refractivity contribution is 7.81. The Kier molecular flexibility index (Phi) is 9.95. The molecule has 1 saturated heterocycles. The van der Waals surface area contributed by atoms with Crippen LogP contribution in [0.15, 0.2) is 24.3 Å². The van der Waals surface area contributed by atoms with Crippen molar-refractivity contribution in [2.45, 2.75) is 129 Å². The molecule has 1 fully saturated rings. The van der Waals surface area contributed by atoms with Crippen molar-refractivity contribution < 1.29 is 9.45 Å². The third-order valence-electron chi connectivity index (χ3n) is 9.10. The fourth-order valence-electron chi connectivity index (χ4n) is 5.81. The number of amides is 1. The van der Waals surface area contributed by atoms with E-state index in [0.29, 0.717) is 12.0 Å². The minimum atomic E-state index is -0.342. The number of nitrogens with zero attached hydrogens (tertiary/aromatic N) is 1. The molecule has 1 atom stereocenters. The summed E-state index contributed by atoms with van der Waals surface area (Å²) in [5, 5.41) is 3.33. The van der Waals surface area contributed by atoms with Crippen LogP contribution in [0.1, 0.15) is 98.6 Å². The van der Waals surface area contributed by atoms with Gasteiger partial charge in [-0.2, -0.15) is 12.6 Å². The van der Waals surface area contributed by atoms with Crippen LogP contribution in [-0.2, 0) is 22.3 Å². The molecule has 1 aliphatic carbocycles. The van der Waals surface area contributed by atoms with Crippen LogP contribution in [0.2, 0.25) is 6.32 Å². The van der Waals surface area contributed by atoms with Gasteiger partial charge in [0.25, 0.3) is 7.48 Å². The molecule has 0 spiro atoms. The topological polar surface area (TPSA) is 41.6 Å². The summed E-state index contributed by atoms with van der Waals surface area (Å²) in [6.07, 6.45) is 8.40. The quantitative estimate of drug-likeness (QED) is 0.196. The Morgan fingerprint density at radius 1 is 1.00 bits per heavy atom. The van der Waals surface area contributed by atoms with Crippen LogP contribution in [0.4, 0.5) is 0 Å². The lowest BCUT2D eigenvalue weighted by atomic mass is 9.68. The van der Waals surface area contributed by atoms with E-state index in [1.807, 2.05) is 7.48 Å². The van der Waals surface area contributed by atoms with Crippen molar-refractivity contribution in [1.29, 1.82) is 0 Å². The summed E-state index contributed by atoms with van der Waals surface area (Å²) in [4.78, 5) is 16.4. The number of fused-ring (bicyclic) bond motifs is 1. The zero-order valence-electron chi connectivity index (χ0n) is 24.8. The van der Waals surface area contributed by atoms with Gasteiger partial charge >= 0.3 is 0 Å². The second-order valence-corrected chi connectivity index (χ2v) is 15.0. The first-order valence-corrected chi connectivity index (χ1v) is 14.9. The fourth-order valence-corrected chi connectivity index (χ4v) is 5.87. The molecule has 37 heavy (non-hydrogen) atoms. The highest BCUT2D eigenvalue weighted by Gasteiger charge is 2.44. The van der Waals surface area contributed by atoms with Gasteiger partial charge in [-0.3, -0.25) is 9.69 Å². The smallest absolute Gasteiger partial charge is 0.293 e. The minimum Gasteiger partial charge on any atom is -0.434 e. The fraction of sp³-hybridized carbons (Fsp3) is 0.774. The first-order chi connectivity index (χ1) is 17.1. The summed E-state index contributed by atoms with van der Waals surface area (Å²) < 4.78 is 5.83. The average Bonchev–Trinajstić information content (AvgIpc) is 3.23. The number of benzene rings is 1. The SMILES string of the molecule is CC(C)(C)NC(=O)C(C)(CCCC[B]OC(C)(C)C(C)(C)S)C1CCN(C2Cc3ccccc3C2)CC1. The molecule has 1 radical (unpaired) electrons. The number of thiol groups is 1. The van der Waals surface area contributed by atoms with Crippen molar-refractivity contribution in [2.75, 3.05) is 13.1 Å². The lowest BCUT2D eigenvalue weighted by molar-refractivity contribution is -0.136. The van der Waals surface area contributed by atoms with Crippen LogP contribution in [0.3, 0.4) is 0 Å². The number of nitrogens with one attached hydrogen (secondary N) is 1. The monoisotopic (exact) mass is 527 g/mol. The third kappa shape index (κ3) is 8.02. The van der Waals surface area contributed by atoms with Crippen LogP contribution < -0.4 is 5.32 Å². The molecule has 4 nitrogen and oxygen atoms in total. The summed E-state index contributed by atoms with van der Waals surface area (Å²) in [6.45, 7) is 19.0. The predicted molar refractivity (Wildman–Crippen MR) is 161 cm³/mol. The summed E-state index contributed by atoms with van der Waals surface area (Å²) in [6, 6.07) is 9.53. The van der Waals surface area contributed by atoms with Crippen LogP contribution in [0.5, 0.6) is 0 Å². The Morgan fingerprint density at radius 3 is 2.08 bits per heavy atom. The Morgan fingerprint density at radius 2 is 1.57 bits per heavy atom. The van der Waals surface area contributed by atoms with Crippen molar-refractivity contribution in [3.8, 4) is 0 Å². The van der Waals surface area contributed by atoms with Crippen LogP contribution >= 0.6 is 12.6 Å². The molecular weight excluding hydrogens is 475 g/mol. The molecule has 207 valence electrons. The Bertz CT molecular complexity index is 874. The van der Waals surface area contributed by atoms with E-state index >= 15 is 0 Å². The van der Waals surface area contributed by atoms with E-state index in [1.54, 1.807) is 0 Å². The standard InChI is InChI=1S/C31H52BN2O2S/c1-28(2,3)33-27(35)31(8,17-11-12-18-32-36-29(4,5)30(6,7)37)25-15-19-34(20-16-25)26-21-23-13-9-10-14-24(23)22-26/h9-10,13-14,25-26,37H,11-12,15-22H2,1-8H3,(H,33,35). The van der Waals surface area contributed by atoms with Gasteiger partial charge in [0, 0.05) is 21.7 Å². The van der Waals surface area contributed by atoms with Gasteiger partial charge in [-0.15, -0.1) is 0 Å². The molecule has 1 aromatic carbocycles. The Balaban J connectivity index is 1.54. The number of unbranched alkanes of at least 4 members (excludes halogenated alkanes) is 1. The van der Waals surface area contributed by atoms with E-state index in [2.05, 4.69) is 103 Å². The molecule has 1 aliphatic heterocycles. The summed E-state index contributed by atoms with van der Waals surface area (Å²) >= 11 is 4.69. The van der Waals surface area contributed by atoms with E-state index in [4.69, 9.17) is 4.65 Å². The van der Waals surface area contributed by atoms with Gasteiger partial charge in [0.1, 0.15) is 0 Å². The van der Waals surface area contributed by atoms with E-state index in [1.165, 1.54) is 24.0 Å². The van der Waals surface area contributed by atoms with Gasteiger partial charge in [0.2, 0.25) is 5.91 Å². The number of rotatable bonds is 11. The Labute approximate surface area is 233 Å². The molecule has 6 heteroatoms. The molecule has 1 N–H and O–H groups in total. The van der Waals surface area contributed by atoms with Crippen molar-refractivity contribution in [3.63, 3.8) is 0 Å². The van der Waals surface area contributed by atoms with Gasteiger partial charge in [-0.05, 0) is 111 Å². The maximum atomic E-state index is 13.7. The summed E-state index contributed by atoms with van der Waals surface area (Å²) in [5.41, 5.74) is 2.15. The maximum absolute atomic E-state index is 13.7. The van der Waals surface area contributed by atoms with Crippen molar-refractivity contribution >= 4 is 26.0 Å². The van der Waals surface area contributed by atoms with Gasteiger partial charge in [0.05, 0.1) is 5.60 Å². The van der Waals surface area contributed by atoms with E-state index in [0.717, 1.165) is 51.5 Å². The zero-order chi connectivity index (χ0) is 27.5. The average molecular weight is 528 g/mol. The molecule has 1 heterocycles. The largest absolute Gasteiger partial charge is 0.434 e. The third-order valence-corrected chi connectivity index (χ3v) is 9.64. The molecule has 3 rings (SSSR count). The molecule has 0 saturated carbocycles. The molecule has 0 aromatic heterocycles. The number of likely N-dealkylation sites (tertiary alicyclic amines) is 1. The van der Waals surface area contributed by atoms with Crippen molar-refractivity contribution in [3.05, 3.63) is 35.4 Å². The van der Waals surface area contributed by atoms with Gasteiger partial charge in [0.15, 0.2) is 0 Å². The van der Waals surface area contributed by atoms with Crippen LogP contribution in [0.25, 0.3) is 0 Å². The van der Waals surface area contributed by atoms with Gasteiger partial charge < -0.3 is 9.97 Å². The molecule has 1 amide bonds. The summed E-state index contributed by atoms with van der Waals surface area (Å²) in [5.74, 6) is 0.643. The number of hydrogen-bond donors (Lipinski definition) is 2. The molecule has 0 bridgehead atoms. The number of piperidine rings is 1. The van der Waals surface area contributed by atoms with Gasteiger partial charge in [-0.25, -0.2) is 0 Å². The predicted octanol–water partition coefficient (Wildman–Crippen LogP) is 6.50. The summed E-state index contributed by atoms with van der Waals surface area (Å²) in [7, 11) is 1.95. The molecule has 1 aromatic rings. The lowest BCUT2D eigenvalue weighted by Gasteiger charge is -2.44. The first-order valence-electron chi connectivity index (χ1n) is 14.5. The second-order valence-electron chi connectivity index (χ2n) is 13.9. The second kappa shape index (κ2) is 12.0. The normalized spacial score (nSPS) is 19.9. The number of carbonyl (C=O) groups is 1. The highest BCUT2D eigenvalue weighted by Crippen LogP contribution is 2.41. The van der Waals surface area contributed by atoms with Crippen molar-refractivity contribution in [2.24, 2.45) is 11.3 Å². The zero-order valence-corrected chi connectivity index (χ0v) is 25.7. The highest BCUT2D eigenvalue weighted by atomic mass is 32.1. The Hall–Kier alpha value is -0.975. The van der Waals surface area contributed by atoms with E-state index in [9.17, 15) is 4.79 Å². The van der Waals surface area contributed by atoms with Crippen LogP contribution in [-0.4, -0.2) is 53.3 Å². The minimum absolute atomic E-state index is 0.219. The molecule has 2 aliphatic rings. The number of carbonyl (C=O) groups excluding carboxylic acids is 1. The van der Waals surface area contributed by atoms with E-state index in [-0.39, 0.29) is 27.2 Å². The molecular formula is C31H52BN2O2S. The lowest BCUT2D eigenvalue weighted by Crippen LogP contribution is -2.53. The number of hydrogen-bond acceptors (Lipinski definition) is 4. The van der Waals surface area contributed by atoms with E-state index < -0.39 is 0 Å². The first kappa shape index (κ1) is 30.6.